The van der Waals surface area contributed by atoms with Gasteiger partial charge in [0.2, 0.25) is 5.91 Å². The third-order valence-electron chi connectivity index (χ3n) is 5.66. The minimum Gasteiger partial charge on any atom is -0.369 e. The first-order chi connectivity index (χ1) is 13.2. The SMILES string of the molecule is O=C(NC1CCCC1)C1CCN(c2cnn(Cc3ccccc3)c(=O)c2)C1. The van der Waals surface area contributed by atoms with Crippen molar-refractivity contribution in [1.29, 1.82) is 0 Å². The number of anilines is 1. The predicted octanol–water partition coefficient (Wildman–Crippen LogP) is 2.18. The second kappa shape index (κ2) is 7.94. The molecule has 0 bridgehead atoms. The smallest absolute Gasteiger partial charge is 0.269 e. The number of hydrogen-bond donors (Lipinski definition) is 1. The van der Waals surface area contributed by atoms with Gasteiger partial charge in [0, 0.05) is 25.2 Å². The van der Waals surface area contributed by atoms with Crippen molar-refractivity contribution in [1.82, 2.24) is 15.1 Å². The summed E-state index contributed by atoms with van der Waals surface area (Å²) in [5.41, 5.74) is 1.74. The van der Waals surface area contributed by atoms with E-state index in [1.165, 1.54) is 17.5 Å². The van der Waals surface area contributed by atoms with E-state index in [9.17, 15) is 9.59 Å². The summed E-state index contributed by atoms with van der Waals surface area (Å²) >= 11 is 0. The standard InChI is InChI=1S/C21H26N4O2/c26-20-12-19(13-22-25(20)14-16-6-2-1-3-7-16)24-11-10-17(15-24)21(27)23-18-8-4-5-9-18/h1-3,6-7,12-13,17-18H,4-5,8-11,14-15H2,(H,23,27). The van der Waals surface area contributed by atoms with E-state index in [1.807, 2.05) is 30.3 Å². The van der Waals surface area contributed by atoms with Crippen LogP contribution in [-0.4, -0.2) is 34.8 Å². The Morgan fingerprint density at radius 2 is 1.93 bits per heavy atom. The summed E-state index contributed by atoms with van der Waals surface area (Å²) < 4.78 is 1.47. The van der Waals surface area contributed by atoms with E-state index in [2.05, 4.69) is 15.3 Å². The highest BCUT2D eigenvalue weighted by molar-refractivity contribution is 5.80. The van der Waals surface area contributed by atoms with Crippen molar-refractivity contribution in [2.75, 3.05) is 18.0 Å². The van der Waals surface area contributed by atoms with Crippen LogP contribution in [0, 0.1) is 5.92 Å². The Balaban J connectivity index is 1.38. The van der Waals surface area contributed by atoms with Crippen LogP contribution >= 0.6 is 0 Å². The molecule has 1 amide bonds. The lowest BCUT2D eigenvalue weighted by molar-refractivity contribution is -0.125. The molecule has 1 aromatic heterocycles. The molecule has 6 nitrogen and oxygen atoms in total. The Labute approximate surface area is 159 Å². The second-order valence-corrected chi connectivity index (χ2v) is 7.62. The molecule has 2 aromatic rings. The molecular formula is C21H26N4O2. The van der Waals surface area contributed by atoms with Crippen LogP contribution in [-0.2, 0) is 11.3 Å². The molecule has 1 aliphatic heterocycles. The fourth-order valence-electron chi connectivity index (χ4n) is 4.07. The van der Waals surface area contributed by atoms with Gasteiger partial charge < -0.3 is 10.2 Å². The van der Waals surface area contributed by atoms with Crippen LogP contribution in [0.25, 0.3) is 0 Å². The lowest BCUT2D eigenvalue weighted by Gasteiger charge is -2.19. The average molecular weight is 366 g/mol. The van der Waals surface area contributed by atoms with Crippen molar-refractivity contribution in [3.63, 3.8) is 0 Å². The van der Waals surface area contributed by atoms with Crippen molar-refractivity contribution in [3.05, 3.63) is 58.5 Å². The average Bonchev–Trinajstić information content (AvgIpc) is 3.36. The maximum Gasteiger partial charge on any atom is 0.269 e. The Bertz CT molecular complexity index is 843. The lowest BCUT2D eigenvalue weighted by atomic mass is 10.1. The molecule has 1 unspecified atom stereocenters. The van der Waals surface area contributed by atoms with Crippen molar-refractivity contribution in [2.24, 2.45) is 5.92 Å². The molecule has 1 saturated carbocycles. The van der Waals surface area contributed by atoms with Crippen LogP contribution < -0.4 is 15.8 Å². The molecular weight excluding hydrogens is 340 g/mol. The van der Waals surface area contributed by atoms with Gasteiger partial charge in [-0.05, 0) is 24.8 Å². The normalized spacial score (nSPS) is 20.1. The Morgan fingerprint density at radius 3 is 2.67 bits per heavy atom. The van der Waals surface area contributed by atoms with Crippen LogP contribution in [0.4, 0.5) is 5.69 Å². The topological polar surface area (TPSA) is 67.2 Å². The highest BCUT2D eigenvalue weighted by Gasteiger charge is 2.30. The van der Waals surface area contributed by atoms with Gasteiger partial charge in [0.25, 0.3) is 5.56 Å². The molecule has 2 heterocycles. The predicted molar refractivity (Wildman–Crippen MR) is 105 cm³/mol. The summed E-state index contributed by atoms with van der Waals surface area (Å²) in [6.45, 7) is 1.90. The minimum atomic E-state index is -0.116. The Kier molecular flexibility index (Phi) is 5.23. The first-order valence-corrected chi connectivity index (χ1v) is 9.85. The summed E-state index contributed by atoms with van der Waals surface area (Å²) in [5.74, 6) is 0.159. The molecule has 4 rings (SSSR count). The number of aromatic nitrogens is 2. The molecule has 0 spiro atoms. The summed E-state index contributed by atoms with van der Waals surface area (Å²) in [4.78, 5) is 27.0. The zero-order valence-corrected chi connectivity index (χ0v) is 15.5. The Morgan fingerprint density at radius 1 is 1.15 bits per heavy atom. The van der Waals surface area contributed by atoms with Crippen molar-refractivity contribution in [2.45, 2.75) is 44.7 Å². The van der Waals surface area contributed by atoms with Crippen LogP contribution in [0.3, 0.4) is 0 Å². The van der Waals surface area contributed by atoms with Gasteiger partial charge in [-0.25, -0.2) is 4.68 Å². The maximum atomic E-state index is 12.5. The largest absolute Gasteiger partial charge is 0.369 e. The van der Waals surface area contributed by atoms with Crippen molar-refractivity contribution < 1.29 is 4.79 Å². The number of rotatable bonds is 5. The van der Waals surface area contributed by atoms with Gasteiger partial charge in [-0.3, -0.25) is 9.59 Å². The third kappa shape index (κ3) is 4.21. The van der Waals surface area contributed by atoms with E-state index in [1.54, 1.807) is 12.3 Å². The highest BCUT2D eigenvalue weighted by Crippen LogP contribution is 2.24. The van der Waals surface area contributed by atoms with E-state index in [4.69, 9.17) is 0 Å². The highest BCUT2D eigenvalue weighted by atomic mass is 16.2. The van der Waals surface area contributed by atoms with Crippen molar-refractivity contribution in [3.8, 4) is 0 Å². The number of carbonyl (C=O) groups is 1. The van der Waals surface area contributed by atoms with E-state index in [-0.39, 0.29) is 17.4 Å². The summed E-state index contributed by atoms with van der Waals surface area (Å²) in [6.07, 6.45) is 7.20. The molecule has 1 aromatic carbocycles. The third-order valence-corrected chi connectivity index (χ3v) is 5.66. The van der Waals surface area contributed by atoms with Gasteiger partial charge in [0.15, 0.2) is 0 Å². The van der Waals surface area contributed by atoms with Gasteiger partial charge in [-0.15, -0.1) is 0 Å². The zero-order chi connectivity index (χ0) is 18.6. The number of amides is 1. The zero-order valence-electron chi connectivity index (χ0n) is 15.5. The first kappa shape index (κ1) is 17.8. The molecule has 2 fully saturated rings. The molecule has 142 valence electrons. The van der Waals surface area contributed by atoms with E-state index in [0.29, 0.717) is 19.1 Å². The number of hydrogen-bond acceptors (Lipinski definition) is 4. The van der Waals surface area contributed by atoms with Gasteiger partial charge in [-0.2, -0.15) is 5.10 Å². The lowest BCUT2D eigenvalue weighted by Crippen LogP contribution is -2.38. The molecule has 1 saturated heterocycles. The summed E-state index contributed by atoms with van der Waals surface area (Å²) in [6, 6.07) is 11.8. The number of carbonyl (C=O) groups excluding carboxylic acids is 1. The van der Waals surface area contributed by atoms with Crippen molar-refractivity contribution >= 4 is 11.6 Å². The molecule has 27 heavy (non-hydrogen) atoms. The Hall–Kier alpha value is -2.63. The number of nitrogens with zero attached hydrogens (tertiary/aromatic N) is 3. The second-order valence-electron chi connectivity index (χ2n) is 7.62. The molecule has 1 atom stereocenters. The van der Waals surface area contributed by atoms with Gasteiger partial charge >= 0.3 is 0 Å². The van der Waals surface area contributed by atoms with Crippen LogP contribution in [0.5, 0.6) is 0 Å². The van der Waals surface area contributed by atoms with E-state index in [0.717, 1.165) is 37.1 Å². The van der Waals surface area contributed by atoms with Crippen LogP contribution in [0.1, 0.15) is 37.7 Å². The molecule has 2 aliphatic rings. The molecule has 6 heteroatoms. The van der Waals surface area contributed by atoms with Crippen LogP contribution in [0.15, 0.2) is 47.4 Å². The maximum absolute atomic E-state index is 12.5. The minimum absolute atomic E-state index is 0.00245. The van der Waals surface area contributed by atoms with Gasteiger partial charge in [0.05, 0.1) is 24.3 Å². The van der Waals surface area contributed by atoms with Crippen LogP contribution in [0.2, 0.25) is 0 Å². The molecule has 0 radical (unpaired) electrons. The fourth-order valence-corrected chi connectivity index (χ4v) is 4.07. The van der Waals surface area contributed by atoms with Gasteiger partial charge in [-0.1, -0.05) is 43.2 Å². The van der Waals surface area contributed by atoms with Gasteiger partial charge in [0.1, 0.15) is 0 Å². The summed E-state index contributed by atoms with van der Waals surface area (Å²) in [7, 11) is 0. The summed E-state index contributed by atoms with van der Waals surface area (Å²) in [5, 5.41) is 7.53. The fraction of sp³-hybridized carbons (Fsp3) is 0.476. The number of benzene rings is 1. The van der Waals surface area contributed by atoms with E-state index < -0.39 is 0 Å². The first-order valence-electron chi connectivity index (χ1n) is 9.85. The number of nitrogens with one attached hydrogen (secondary N) is 1. The van der Waals surface area contributed by atoms with E-state index >= 15 is 0 Å². The quantitative estimate of drug-likeness (QED) is 0.881. The molecule has 1 N–H and O–H groups in total. The monoisotopic (exact) mass is 366 g/mol. The molecule has 1 aliphatic carbocycles.